The van der Waals surface area contributed by atoms with Crippen LogP contribution in [0.25, 0.3) is 27.0 Å². The molecular formula is C31H31ClF5N7O2. The standard InChI is InChI=1S/C31H31ClF5N7O2/c1-15-9-18(38)40-24(21(15)31(35,36)37)19-22(32)26-20-25(23(19)34)41-28(45-14-29-5-4-7-44(29)13-16(33)10-29)42-27(20)43(3)8-6-30(46-26)11-17(12-30)39-2/h9,16-17H,4-8,10-14H2,1,3H3,(H2,38,40)/t16-,17?,29+,30?/m1/s1. The van der Waals surface area contributed by atoms with Crippen LogP contribution in [-0.4, -0.2) is 76.5 Å². The maximum absolute atomic E-state index is 16.9. The van der Waals surface area contributed by atoms with Crippen LogP contribution in [0, 0.1) is 19.3 Å². The highest BCUT2D eigenvalue weighted by Gasteiger charge is 2.53. The van der Waals surface area contributed by atoms with Crippen molar-refractivity contribution in [2.45, 2.75) is 75.0 Å². The number of hydrogen-bond donors (Lipinski definition) is 1. The van der Waals surface area contributed by atoms with Crippen LogP contribution in [0.4, 0.5) is 33.6 Å². The molecule has 1 spiro atoms. The molecule has 3 aromatic rings. The molecule has 5 heterocycles. The Kier molecular flexibility index (Phi) is 7.17. The number of hydrogen-bond acceptors (Lipinski definition) is 8. The van der Waals surface area contributed by atoms with Crippen molar-refractivity contribution in [3.05, 3.63) is 39.5 Å². The molecule has 4 aliphatic rings. The normalized spacial score (nSPS) is 27.6. The molecule has 15 heteroatoms. The van der Waals surface area contributed by atoms with Crippen molar-refractivity contribution in [2.24, 2.45) is 0 Å². The van der Waals surface area contributed by atoms with E-state index in [4.69, 9.17) is 33.4 Å². The first-order valence-electron chi connectivity index (χ1n) is 15.1. The van der Waals surface area contributed by atoms with E-state index < -0.39 is 51.1 Å². The number of nitrogen functional groups attached to an aromatic ring is 1. The van der Waals surface area contributed by atoms with Gasteiger partial charge in [-0.15, -0.1) is 0 Å². The fourth-order valence-corrected chi connectivity index (χ4v) is 7.99. The van der Waals surface area contributed by atoms with Gasteiger partial charge in [-0.05, 0) is 37.9 Å². The van der Waals surface area contributed by atoms with Crippen molar-refractivity contribution in [1.29, 1.82) is 0 Å². The Bertz CT molecular complexity index is 1790. The first kappa shape index (κ1) is 30.9. The minimum atomic E-state index is -4.93. The second kappa shape index (κ2) is 10.7. The number of benzene rings is 1. The summed E-state index contributed by atoms with van der Waals surface area (Å²) in [5, 5.41) is -0.376. The molecule has 2 atom stereocenters. The lowest BCUT2D eigenvalue weighted by atomic mass is 9.73. The van der Waals surface area contributed by atoms with Gasteiger partial charge in [0, 0.05) is 33.0 Å². The zero-order chi connectivity index (χ0) is 32.8. The molecule has 1 saturated carbocycles. The molecule has 3 aliphatic heterocycles. The van der Waals surface area contributed by atoms with Crippen LogP contribution in [0.5, 0.6) is 11.8 Å². The number of alkyl halides is 4. The molecule has 46 heavy (non-hydrogen) atoms. The summed E-state index contributed by atoms with van der Waals surface area (Å²) in [5.74, 6) is -1.33. The Labute approximate surface area is 266 Å². The largest absolute Gasteiger partial charge is 0.484 e. The zero-order valence-electron chi connectivity index (χ0n) is 25.1. The van der Waals surface area contributed by atoms with Crippen LogP contribution in [0.3, 0.4) is 0 Å². The van der Waals surface area contributed by atoms with Crippen molar-refractivity contribution in [2.75, 3.05) is 43.9 Å². The van der Waals surface area contributed by atoms with E-state index in [0.717, 1.165) is 19.0 Å². The Morgan fingerprint density at radius 2 is 1.96 bits per heavy atom. The summed E-state index contributed by atoms with van der Waals surface area (Å²) in [5.41, 5.74) is 1.18. The van der Waals surface area contributed by atoms with Gasteiger partial charge in [0.2, 0.25) is 6.04 Å². The summed E-state index contributed by atoms with van der Waals surface area (Å²) < 4.78 is 87.3. The van der Waals surface area contributed by atoms with Crippen LogP contribution in [0.1, 0.15) is 49.7 Å². The van der Waals surface area contributed by atoms with E-state index in [0.29, 0.717) is 38.8 Å². The number of aryl methyl sites for hydroxylation is 1. The number of nitrogens with zero attached hydrogens (tertiary/aromatic N) is 6. The van der Waals surface area contributed by atoms with E-state index in [1.807, 2.05) is 0 Å². The number of nitrogens with two attached hydrogens (primary N) is 1. The van der Waals surface area contributed by atoms with Gasteiger partial charge in [0.25, 0.3) is 0 Å². The first-order chi connectivity index (χ1) is 21.7. The Hall–Kier alpha value is -3.70. The van der Waals surface area contributed by atoms with Crippen LogP contribution in [0.2, 0.25) is 5.02 Å². The minimum Gasteiger partial charge on any atom is -0.484 e. The van der Waals surface area contributed by atoms with Gasteiger partial charge in [0.15, 0.2) is 11.6 Å². The Morgan fingerprint density at radius 3 is 2.67 bits per heavy atom. The number of fused-ring (bicyclic) bond motifs is 1. The summed E-state index contributed by atoms with van der Waals surface area (Å²) in [6, 6.07) is 0.547. The van der Waals surface area contributed by atoms with Gasteiger partial charge in [-0.3, -0.25) is 4.90 Å². The molecule has 9 nitrogen and oxygen atoms in total. The van der Waals surface area contributed by atoms with Gasteiger partial charge in [0.1, 0.15) is 35.5 Å². The maximum Gasteiger partial charge on any atom is 0.418 e. The summed E-state index contributed by atoms with van der Waals surface area (Å²) in [6.45, 7) is 10.2. The van der Waals surface area contributed by atoms with Gasteiger partial charge >= 0.3 is 12.2 Å². The van der Waals surface area contributed by atoms with Gasteiger partial charge in [-0.1, -0.05) is 11.6 Å². The maximum atomic E-state index is 16.9. The van der Waals surface area contributed by atoms with Crippen LogP contribution in [0.15, 0.2) is 6.07 Å². The van der Waals surface area contributed by atoms with E-state index >= 15 is 4.39 Å². The lowest BCUT2D eigenvalue weighted by Gasteiger charge is -2.44. The van der Waals surface area contributed by atoms with E-state index in [2.05, 4.69) is 24.7 Å². The number of aromatic nitrogens is 3. The molecule has 1 aromatic carbocycles. The van der Waals surface area contributed by atoms with Crippen LogP contribution < -0.4 is 20.1 Å². The highest BCUT2D eigenvalue weighted by Crippen LogP contribution is 2.53. The van der Waals surface area contributed by atoms with Crippen LogP contribution in [-0.2, 0) is 6.18 Å². The van der Waals surface area contributed by atoms with Gasteiger partial charge in [-0.25, -0.2) is 20.3 Å². The third-order valence-electron chi connectivity index (χ3n) is 9.91. The third kappa shape index (κ3) is 4.85. The molecule has 0 amide bonds. The quantitative estimate of drug-likeness (QED) is 0.254. The Morgan fingerprint density at radius 1 is 1.20 bits per heavy atom. The summed E-state index contributed by atoms with van der Waals surface area (Å²) >= 11 is 6.85. The molecule has 1 aliphatic carbocycles. The lowest BCUT2D eigenvalue weighted by molar-refractivity contribution is -0.137. The zero-order valence-corrected chi connectivity index (χ0v) is 25.9. The fourth-order valence-electron chi connectivity index (χ4n) is 7.69. The van der Waals surface area contributed by atoms with Crippen LogP contribution >= 0.6 is 11.6 Å². The van der Waals surface area contributed by atoms with E-state index in [9.17, 15) is 17.6 Å². The van der Waals surface area contributed by atoms with Crippen molar-refractivity contribution in [1.82, 2.24) is 19.9 Å². The molecule has 0 bridgehead atoms. The molecule has 0 radical (unpaired) electrons. The van der Waals surface area contributed by atoms with E-state index in [-0.39, 0.29) is 58.9 Å². The molecular weight excluding hydrogens is 633 g/mol. The molecule has 2 aromatic heterocycles. The summed E-state index contributed by atoms with van der Waals surface area (Å²) in [4.78, 5) is 20.4. The monoisotopic (exact) mass is 663 g/mol. The summed E-state index contributed by atoms with van der Waals surface area (Å²) in [6.07, 6.45) is -2.87. The van der Waals surface area contributed by atoms with Crippen molar-refractivity contribution in [3.63, 3.8) is 0 Å². The second-order valence-corrected chi connectivity index (χ2v) is 13.4. The highest BCUT2D eigenvalue weighted by atomic mass is 35.5. The Balaban J connectivity index is 1.45. The molecule has 3 fully saturated rings. The SMILES string of the molecule is [C-]#[N+]C1CC2(CCN(C)c3nc(OC[C@@]45CCCN4C[C@H](F)C5)nc4c(F)c(-c5nc(N)cc(C)c5C(F)(F)F)c(Cl)c(c34)O2)C1. The number of pyridine rings is 1. The lowest BCUT2D eigenvalue weighted by Crippen LogP contribution is -2.52. The predicted octanol–water partition coefficient (Wildman–Crippen LogP) is 6.39. The number of rotatable bonds is 4. The smallest absolute Gasteiger partial charge is 0.418 e. The van der Waals surface area contributed by atoms with Gasteiger partial charge in [0.05, 0.1) is 45.6 Å². The minimum absolute atomic E-state index is 0.0584. The number of anilines is 2. The fraction of sp³-hybridized carbons (Fsp3) is 0.548. The third-order valence-corrected chi connectivity index (χ3v) is 10.3. The average molecular weight is 664 g/mol. The molecule has 2 saturated heterocycles. The van der Waals surface area contributed by atoms with E-state index in [1.54, 1.807) is 11.9 Å². The average Bonchev–Trinajstić information content (AvgIpc) is 3.48. The van der Waals surface area contributed by atoms with Crippen molar-refractivity contribution < 1.29 is 31.4 Å². The topological polar surface area (TPSA) is 94.0 Å². The van der Waals surface area contributed by atoms with Gasteiger partial charge in [-0.2, -0.15) is 23.1 Å². The van der Waals surface area contributed by atoms with E-state index in [1.165, 1.54) is 6.92 Å². The predicted molar refractivity (Wildman–Crippen MR) is 161 cm³/mol. The summed E-state index contributed by atoms with van der Waals surface area (Å²) in [7, 11) is 1.74. The first-order valence-corrected chi connectivity index (χ1v) is 15.5. The second-order valence-electron chi connectivity index (χ2n) is 13.0. The molecule has 7 rings (SSSR count). The number of halogens is 6. The molecule has 2 N–H and O–H groups in total. The highest BCUT2D eigenvalue weighted by molar-refractivity contribution is 6.36. The van der Waals surface area contributed by atoms with Gasteiger partial charge < -0.3 is 25.0 Å². The molecule has 244 valence electrons. The van der Waals surface area contributed by atoms with Crippen molar-refractivity contribution in [3.8, 4) is 23.0 Å². The molecule has 0 unspecified atom stereocenters. The number of ether oxygens (including phenoxy) is 2. The van der Waals surface area contributed by atoms with Crippen molar-refractivity contribution >= 4 is 34.1 Å².